The molecule has 18 heavy (non-hydrogen) atoms. The lowest BCUT2D eigenvalue weighted by Gasteiger charge is -2.22. The molecule has 0 unspecified atom stereocenters. The van der Waals surface area contributed by atoms with Crippen LogP contribution in [0.5, 0.6) is 0 Å². The molecular formula is C15H23N3. The third kappa shape index (κ3) is 2.09. The van der Waals surface area contributed by atoms with Crippen LogP contribution in [0.4, 0.5) is 0 Å². The van der Waals surface area contributed by atoms with Gasteiger partial charge < -0.3 is 4.90 Å². The van der Waals surface area contributed by atoms with Crippen LogP contribution in [0.1, 0.15) is 33.4 Å². The summed E-state index contributed by atoms with van der Waals surface area (Å²) in [4.78, 5) is 2.10. The third-order valence-corrected chi connectivity index (χ3v) is 4.29. The first-order valence-corrected chi connectivity index (χ1v) is 6.47. The zero-order valence-corrected chi connectivity index (χ0v) is 12.3. The van der Waals surface area contributed by atoms with E-state index in [0.29, 0.717) is 0 Å². The van der Waals surface area contributed by atoms with E-state index >= 15 is 0 Å². The van der Waals surface area contributed by atoms with Gasteiger partial charge in [0, 0.05) is 7.05 Å². The Morgan fingerprint density at radius 1 is 0.944 bits per heavy atom. The molecule has 98 valence electrons. The van der Waals surface area contributed by atoms with Gasteiger partial charge in [-0.15, -0.1) is 0 Å². The maximum Gasteiger partial charge on any atom is 0.112 e. The van der Waals surface area contributed by atoms with Crippen molar-refractivity contribution in [1.29, 1.82) is 0 Å². The lowest BCUT2D eigenvalue weighted by Crippen LogP contribution is -2.24. The van der Waals surface area contributed by atoms with Gasteiger partial charge in [0.15, 0.2) is 0 Å². The molecule has 1 aliphatic heterocycles. The Kier molecular flexibility index (Phi) is 3.33. The molecule has 0 amide bonds. The van der Waals surface area contributed by atoms with Gasteiger partial charge in [-0.2, -0.15) is 5.10 Å². The van der Waals surface area contributed by atoms with E-state index in [9.17, 15) is 0 Å². The van der Waals surface area contributed by atoms with Crippen LogP contribution >= 0.6 is 0 Å². The highest BCUT2D eigenvalue weighted by molar-refractivity contribution is 5.56. The molecule has 0 N–H and O–H groups in total. The van der Waals surface area contributed by atoms with Gasteiger partial charge >= 0.3 is 0 Å². The summed E-state index contributed by atoms with van der Waals surface area (Å²) in [5.41, 5.74) is 8.54. The summed E-state index contributed by atoms with van der Waals surface area (Å²) in [6.07, 6.45) is 1.89. The zero-order chi connectivity index (χ0) is 13.4. The Morgan fingerprint density at radius 2 is 1.44 bits per heavy atom. The molecular weight excluding hydrogens is 222 g/mol. The highest BCUT2D eigenvalue weighted by Gasteiger charge is 2.16. The van der Waals surface area contributed by atoms with Crippen molar-refractivity contribution in [3.8, 4) is 0 Å². The molecule has 1 aliphatic rings. The fourth-order valence-electron chi connectivity index (χ4n) is 2.58. The molecule has 0 atom stereocenters. The molecule has 3 heteroatoms. The minimum Gasteiger partial charge on any atom is -0.345 e. The molecule has 0 spiro atoms. The van der Waals surface area contributed by atoms with Crippen molar-refractivity contribution < 1.29 is 0 Å². The summed E-state index contributed by atoms with van der Waals surface area (Å²) in [6, 6.07) is 0. The average molecular weight is 245 g/mol. The minimum atomic E-state index is 0.880. The minimum absolute atomic E-state index is 0.880. The zero-order valence-electron chi connectivity index (χ0n) is 12.3. The molecule has 0 saturated heterocycles. The van der Waals surface area contributed by atoms with Crippen molar-refractivity contribution in [3.05, 3.63) is 33.4 Å². The van der Waals surface area contributed by atoms with Gasteiger partial charge in [0.2, 0.25) is 0 Å². The molecule has 0 aromatic heterocycles. The molecule has 0 aliphatic carbocycles. The Labute approximate surface area is 110 Å². The summed E-state index contributed by atoms with van der Waals surface area (Å²) >= 11 is 0. The van der Waals surface area contributed by atoms with E-state index in [4.69, 9.17) is 0 Å². The fraction of sp³-hybridized carbons (Fsp3) is 0.533. The Bertz CT molecular complexity index is 474. The smallest absolute Gasteiger partial charge is 0.112 e. The highest BCUT2D eigenvalue weighted by Crippen LogP contribution is 2.27. The summed E-state index contributed by atoms with van der Waals surface area (Å²) in [7, 11) is 2.05. The number of nitrogens with zero attached hydrogens (tertiary/aromatic N) is 3. The lowest BCUT2D eigenvalue weighted by molar-refractivity contribution is 0.244. The first-order valence-electron chi connectivity index (χ1n) is 6.47. The summed E-state index contributed by atoms with van der Waals surface area (Å²) in [5, 5.41) is 6.52. The number of rotatable bonds is 2. The maximum absolute atomic E-state index is 4.41. The SMILES string of the molecule is Cc1c(C)c(C)c(CN2CN(C)C=N2)c(C)c1C. The molecule has 3 nitrogen and oxygen atoms in total. The van der Waals surface area contributed by atoms with E-state index in [0.717, 1.165) is 13.2 Å². The van der Waals surface area contributed by atoms with Crippen LogP contribution in [0.2, 0.25) is 0 Å². The predicted octanol–water partition coefficient (Wildman–Crippen LogP) is 2.88. The highest BCUT2D eigenvalue weighted by atomic mass is 15.6. The number of benzene rings is 1. The van der Waals surface area contributed by atoms with Crippen molar-refractivity contribution >= 4 is 6.34 Å². The molecule has 0 bridgehead atoms. The van der Waals surface area contributed by atoms with E-state index in [-0.39, 0.29) is 0 Å². The monoisotopic (exact) mass is 245 g/mol. The van der Waals surface area contributed by atoms with E-state index in [2.05, 4.69) is 56.7 Å². The molecule has 0 fully saturated rings. The molecule has 0 saturated carbocycles. The predicted molar refractivity (Wildman–Crippen MR) is 76.8 cm³/mol. The van der Waals surface area contributed by atoms with E-state index < -0.39 is 0 Å². The average Bonchev–Trinajstić information content (AvgIpc) is 2.75. The molecule has 1 aromatic carbocycles. The first kappa shape index (κ1) is 12.9. The molecule has 2 rings (SSSR count). The summed E-state index contributed by atoms with van der Waals surface area (Å²) < 4.78 is 0. The van der Waals surface area contributed by atoms with Crippen LogP contribution in [0.25, 0.3) is 0 Å². The second-order valence-electron chi connectivity index (χ2n) is 5.40. The van der Waals surface area contributed by atoms with Gasteiger partial charge in [-0.3, -0.25) is 5.01 Å². The Hall–Kier alpha value is -1.51. The van der Waals surface area contributed by atoms with Gasteiger partial charge in [0.05, 0.1) is 6.54 Å². The number of hydrogen-bond acceptors (Lipinski definition) is 3. The third-order valence-electron chi connectivity index (χ3n) is 4.29. The molecule has 0 radical (unpaired) electrons. The number of hydrogen-bond donors (Lipinski definition) is 0. The van der Waals surface area contributed by atoms with E-state index in [1.807, 2.05) is 6.34 Å². The van der Waals surface area contributed by atoms with E-state index in [1.54, 1.807) is 0 Å². The number of hydrazone groups is 1. The molecule has 1 heterocycles. The first-order chi connectivity index (χ1) is 8.41. The fourth-order valence-corrected chi connectivity index (χ4v) is 2.58. The quantitative estimate of drug-likeness (QED) is 0.798. The van der Waals surface area contributed by atoms with Gasteiger partial charge in [0.1, 0.15) is 13.0 Å². The van der Waals surface area contributed by atoms with Crippen molar-refractivity contribution in [2.24, 2.45) is 5.10 Å². The van der Waals surface area contributed by atoms with Crippen molar-refractivity contribution in [2.45, 2.75) is 41.2 Å². The van der Waals surface area contributed by atoms with Gasteiger partial charge in [-0.25, -0.2) is 0 Å². The van der Waals surface area contributed by atoms with E-state index in [1.165, 1.54) is 33.4 Å². The second kappa shape index (κ2) is 4.63. The van der Waals surface area contributed by atoms with Crippen LogP contribution in [-0.4, -0.2) is 30.0 Å². The lowest BCUT2D eigenvalue weighted by atomic mass is 9.89. The Morgan fingerprint density at radius 3 is 1.89 bits per heavy atom. The van der Waals surface area contributed by atoms with Crippen molar-refractivity contribution in [3.63, 3.8) is 0 Å². The normalized spacial score (nSPS) is 14.8. The van der Waals surface area contributed by atoms with Gasteiger partial charge in [-0.1, -0.05) is 0 Å². The van der Waals surface area contributed by atoms with Crippen LogP contribution in [-0.2, 0) is 6.54 Å². The summed E-state index contributed by atoms with van der Waals surface area (Å²) in [6.45, 7) is 12.9. The van der Waals surface area contributed by atoms with Gasteiger partial charge in [0.25, 0.3) is 0 Å². The van der Waals surface area contributed by atoms with Crippen LogP contribution in [0, 0.1) is 34.6 Å². The van der Waals surface area contributed by atoms with Crippen LogP contribution < -0.4 is 0 Å². The second-order valence-corrected chi connectivity index (χ2v) is 5.40. The largest absolute Gasteiger partial charge is 0.345 e. The van der Waals surface area contributed by atoms with Crippen molar-refractivity contribution in [1.82, 2.24) is 9.91 Å². The van der Waals surface area contributed by atoms with Crippen molar-refractivity contribution in [2.75, 3.05) is 13.7 Å². The topological polar surface area (TPSA) is 18.8 Å². The summed E-state index contributed by atoms with van der Waals surface area (Å²) in [5.74, 6) is 0. The Balaban J connectivity index is 2.36. The maximum atomic E-state index is 4.41. The molecule has 1 aromatic rings. The van der Waals surface area contributed by atoms with Gasteiger partial charge in [-0.05, 0) is 68.0 Å². The van der Waals surface area contributed by atoms with Crippen LogP contribution in [0.3, 0.4) is 0 Å². The van der Waals surface area contributed by atoms with Crippen LogP contribution in [0.15, 0.2) is 5.10 Å². The standard InChI is InChI=1S/C15H23N3/c1-10-11(2)13(4)15(14(5)12(10)3)7-18-9-17(6)8-16-18/h8H,7,9H2,1-6H3.